The smallest absolute Gasteiger partial charge is 0.316 e. The molecule has 0 fully saturated rings. The van der Waals surface area contributed by atoms with Gasteiger partial charge in [0, 0.05) is 13.2 Å². The summed E-state index contributed by atoms with van der Waals surface area (Å²) in [5.41, 5.74) is 0.883. The van der Waals surface area contributed by atoms with Crippen LogP contribution < -0.4 is 9.64 Å². The third kappa shape index (κ3) is 5.58. The molecule has 6 heteroatoms. The molecule has 1 heterocycles. The van der Waals surface area contributed by atoms with Crippen LogP contribution in [0.4, 0.5) is 5.82 Å². The number of pyridine rings is 1. The first kappa shape index (κ1) is 19.4. The van der Waals surface area contributed by atoms with E-state index in [1.54, 1.807) is 6.20 Å². The zero-order valence-corrected chi connectivity index (χ0v) is 15.3. The van der Waals surface area contributed by atoms with Crippen LogP contribution >= 0.6 is 0 Å². The van der Waals surface area contributed by atoms with Crippen LogP contribution in [0.5, 0.6) is 5.75 Å². The van der Waals surface area contributed by atoms with E-state index in [2.05, 4.69) is 9.72 Å². The predicted molar refractivity (Wildman–Crippen MR) is 99.3 cm³/mol. The van der Waals surface area contributed by atoms with Crippen LogP contribution in [-0.2, 0) is 20.7 Å². The lowest BCUT2D eigenvalue weighted by Crippen LogP contribution is -2.25. The van der Waals surface area contributed by atoms with Gasteiger partial charge in [-0.1, -0.05) is 18.2 Å². The third-order valence-electron chi connectivity index (χ3n) is 4.08. The van der Waals surface area contributed by atoms with Crippen molar-refractivity contribution in [3.8, 4) is 5.75 Å². The normalized spacial score (nSPS) is 11.5. The van der Waals surface area contributed by atoms with Crippen molar-refractivity contribution in [1.82, 2.24) is 4.98 Å². The molecule has 2 aromatic rings. The van der Waals surface area contributed by atoms with Gasteiger partial charge in [0.2, 0.25) is 0 Å². The van der Waals surface area contributed by atoms with Gasteiger partial charge in [-0.05, 0) is 43.2 Å². The summed E-state index contributed by atoms with van der Waals surface area (Å²) in [6, 6.07) is 13.2. The monoisotopic (exact) mass is 356 g/mol. The Labute approximate surface area is 153 Å². The molecule has 1 atom stereocenters. The number of benzene rings is 1. The van der Waals surface area contributed by atoms with Crippen LogP contribution in [0, 0.1) is 5.92 Å². The number of rotatable bonds is 9. The summed E-state index contributed by atoms with van der Waals surface area (Å²) in [5.74, 6) is 0.161. The largest absolute Gasteiger partial charge is 0.492 e. The number of anilines is 1. The van der Waals surface area contributed by atoms with Gasteiger partial charge in [0.15, 0.2) is 0 Å². The van der Waals surface area contributed by atoms with Gasteiger partial charge in [0.1, 0.15) is 29.9 Å². The highest BCUT2D eigenvalue weighted by Gasteiger charge is 2.24. The lowest BCUT2D eigenvalue weighted by molar-refractivity contribution is -0.148. The fraction of sp³-hybridized carbons (Fsp3) is 0.350. The highest BCUT2D eigenvalue weighted by atomic mass is 16.5. The molecule has 1 aromatic heterocycles. The van der Waals surface area contributed by atoms with Crippen LogP contribution in [-0.4, -0.2) is 44.0 Å². The van der Waals surface area contributed by atoms with Crippen LogP contribution in [0.25, 0.3) is 0 Å². The second-order valence-electron chi connectivity index (χ2n) is 5.99. The van der Waals surface area contributed by atoms with E-state index in [1.807, 2.05) is 54.4 Å². The zero-order chi connectivity index (χ0) is 18.9. The number of methoxy groups -OCH3 is 1. The van der Waals surface area contributed by atoms with E-state index in [1.165, 1.54) is 14.0 Å². The molecule has 138 valence electrons. The van der Waals surface area contributed by atoms with Gasteiger partial charge in [0.25, 0.3) is 0 Å². The number of aromatic nitrogens is 1. The predicted octanol–water partition coefficient (Wildman–Crippen LogP) is 2.52. The average Bonchev–Trinajstić information content (AvgIpc) is 2.67. The Morgan fingerprint density at radius 2 is 1.88 bits per heavy atom. The molecule has 6 nitrogen and oxygen atoms in total. The summed E-state index contributed by atoms with van der Waals surface area (Å²) >= 11 is 0. The fourth-order valence-corrected chi connectivity index (χ4v) is 2.49. The van der Waals surface area contributed by atoms with E-state index in [4.69, 9.17) is 4.74 Å². The Morgan fingerprint density at radius 1 is 1.15 bits per heavy atom. The lowest BCUT2D eigenvalue weighted by atomic mass is 9.96. The van der Waals surface area contributed by atoms with Crippen molar-refractivity contribution < 1.29 is 19.1 Å². The van der Waals surface area contributed by atoms with E-state index < -0.39 is 11.9 Å². The van der Waals surface area contributed by atoms with E-state index in [0.29, 0.717) is 19.6 Å². The molecule has 0 N–H and O–H groups in total. The maximum Gasteiger partial charge on any atom is 0.316 e. The summed E-state index contributed by atoms with van der Waals surface area (Å²) in [6.07, 6.45) is 2.08. The Bertz CT molecular complexity index is 716. The fourth-order valence-electron chi connectivity index (χ4n) is 2.49. The molecule has 0 aliphatic rings. The van der Waals surface area contributed by atoms with Crippen molar-refractivity contribution in [3.05, 3.63) is 54.2 Å². The Balaban J connectivity index is 1.85. The van der Waals surface area contributed by atoms with Crippen molar-refractivity contribution in [2.75, 3.05) is 32.2 Å². The first-order valence-corrected chi connectivity index (χ1v) is 8.43. The number of hydrogen-bond donors (Lipinski definition) is 0. The number of nitrogens with zero attached hydrogens (tertiary/aromatic N) is 2. The van der Waals surface area contributed by atoms with Crippen molar-refractivity contribution in [1.29, 1.82) is 0 Å². The average molecular weight is 356 g/mol. The molecule has 1 unspecified atom stereocenters. The maximum absolute atomic E-state index is 11.7. The number of esters is 1. The molecule has 0 amide bonds. The molecule has 0 bridgehead atoms. The van der Waals surface area contributed by atoms with E-state index >= 15 is 0 Å². The zero-order valence-electron chi connectivity index (χ0n) is 15.3. The summed E-state index contributed by atoms with van der Waals surface area (Å²) < 4.78 is 10.4. The van der Waals surface area contributed by atoms with Gasteiger partial charge >= 0.3 is 5.97 Å². The number of Topliss-reactive ketones (excluding diaryl/α,β-unsaturated/α-hetero) is 1. The Morgan fingerprint density at radius 3 is 2.46 bits per heavy atom. The summed E-state index contributed by atoms with van der Waals surface area (Å²) in [4.78, 5) is 29.6. The standard InChI is InChI=1S/C20H24N2O4/c1-15(23)18(20(24)25-3)14-16-7-9-17(10-8-16)26-13-12-22(2)19-6-4-5-11-21-19/h4-11,18H,12-14H2,1-3H3. The lowest BCUT2D eigenvalue weighted by Gasteiger charge is -2.18. The molecular weight excluding hydrogens is 332 g/mol. The topological polar surface area (TPSA) is 68.7 Å². The summed E-state index contributed by atoms with van der Waals surface area (Å²) in [7, 11) is 3.25. The molecule has 26 heavy (non-hydrogen) atoms. The molecule has 0 spiro atoms. The minimum Gasteiger partial charge on any atom is -0.492 e. The molecule has 0 aliphatic carbocycles. The van der Waals surface area contributed by atoms with Gasteiger partial charge in [-0.3, -0.25) is 9.59 Å². The number of likely N-dealkylation sites (N-methyl/N-ethyl adjacent to an activating group) is 1. The first-order chi connectivity index (χ1) is 12.5. The third-order valence-corrected chi connectivity index (χ3v) is 4.08. The van der Waals surface area contributed by atoms with Crippen LogP contribution in [0.1, 0.15) is 12.5 Å². The highest BCUT2D eigenvalue weighted by molar-refractivity contribution is 5.97. The molecule has 0 aliphatic heterocycles. The molecule has 0 saturated carbocycles. The quantitative estimate of drug-likeness (QED) is 0.508. The van der Waals surface area contributed by atoms with Crippen molar-refractivity contribution >= 4 is 17.6 Å². The minimum absolute atomic E-state index is 0.199. The van der Waals surface area contributed by atoms with E-state index in [0.717, 1.165) is 17.1 Å². The van der Waals surface area contributed by atoms with Gasteiger partial charge < -0.3 is 14.4 Å². The number of hydrogen-bond acceptors (Lipinski definition) is 6. The van der Waals surface area contributed by atoms with Gasteiger partial charge in [-0.25, -0.2) is 4.98 Å². The highest BCUT2D eigenvalue weighted by Crippen LogP contribution is 2.17. The van der Waals surface area contributed by atoms with Gasteiger partial charge in [-0.2, -0.15) is 0 Å². The first-order valence-electron chi connectivity index (χ1n) is 8.43. The molecule has 0 radical (unpaired) electrons. The molecular formula is C20H24N2O4. The van der Waals surface area contributed by atoms with Crippen molar-refractivity contribution in [3.63, 3.8) is 0 Å². The molecule has 1 aromatic carbocycles. The van der Waals surface area contributed by atoms with Crippen LogP contribution in [0.15, 0.2) is 48.7 Å². The second kappa shape index (κ2) is 9.56. The summed E-state index contributed by atoms with van der Waals surface area (Å²) in [5, 5.41) is 0. The van der Waals surface area contributed by atoms with Crippen LogP contribution in [0.3, 0.4) is 0 Å². The molecule has 0 saturated heterocycles. The Kier molecular flexibility index (Phi) is 7.14. The van der Waals surface area contributed by atoms with Crippen molar-refractivity contribution in [2.24, 2.45) is 5.92 Å². The number of carbonyl (C=O) groups is 2. The van der Waals surface area contributed by atoms with E-state index in [-0.39, 0.29) is 5.78 Å². The maximum atomic E-state index is 11.7. The van der Waals surface area contributed by atoms with Crippen LogP contribution in [0.2, 0.25) is 0 Å². The van der Waals surface area contributed by atoms with Gasteiger partial charge in [-0.15, -0.1) is 0 Å². The van der Waals surface area contributed by atoms with E-state index in [9.17, 15) is 9.59 Å². The molecule has 2 rings (SSSR count). The van der Waals surface area contributed by atoms with Gasteiger partial charge in [0.05, 0.1) is 13.7 Å². The second-order valence-corrected chi connectivity index (χ2v) is 5.99. The van der Waals surface area contributed by atoms with Crippen molar-refractivity contribution in [2.45, 2.75) is 13.3 Å². The SMILES string of the molecule is COC(=O)C(Cc1ccc(OCCN(C)c2ccccn2)cc1)C(C)=O. The summed E-state index contributed by atoms with van der Waals surface area (Å²) in [6.45, 7) is 2.62. The Hall–Kier alpha value is -2.89. The number of ether oxygens (including phenoxy) is 2. The number of ketones is 1. The minimum atomic E-state index is -0.765. The number of carbonyl (C=O) groups excluding carboxylic acids is 2.